The molecular formula is C15H23N3. The van der Waals surface area contributed by atoms with Gasteiger partial charge in [0.05, 0.1) is 0 Å². The summed E-state index contributed by atoms with van der Waals surface area (Å²) in [7, 11) is 2.21. The third kappa shape index (κ3) is 2.58. The van der Waals surface area contributed by atoms with Crippen LogP contribution in [0.5, 0.6) is 0 Å². The zero-order valence-electron chi connectivity index (χ0n) is 11.2. The van der Waals surface area contributed by atoms with Gasteiger partial charge >= 0.3 is 0 Å². The van der Waals surface area contributed by atoms with E-state index in [9.17, 15) is 0 Å². The summed E-state index contributed by atoms with van der Waals surface area (Å²) < 4.78 is 0. The van der Waals surface area contributed by atoms with Crippen LogP contribution in [-0.2, 0) is 6.54 Å². The van der Waals surface area contributed by atoms with E-state index in [-0.39, 0.29) is 0 Å². The molecule has 1 unspecified atom stereocenters. The number of rotatable bonds is 3. The van der Waals surface area contributed by atoms with Gasteiger partial charge in [0.2, 0.25) is 0 Å². The van der Waals surface area contributed by atoms with E-state index in [1.54, 1.807) is 0 Å². The van der Waals surface area contributed by atoms with Crippen molar-refractivity contribution < 1.29 is 0 Å². The fourth-order valence-corrected chi connectivity index (χ4v) is 3.02. The van der Waals surface area contributed by atoms with Crippen molar-refractivity contribution in [3.63, 3.8) is 0 Å². The minimum absolute atomic E-state index is 0.570. The maximum absolute atomic E-state index is 3.63. The molecule has 2 heterocycles. The van der Waals surface area contributed by atoms with Crippen molar-refractivity contribution in [1.82, 2.24) is 15.1 Å². The minimum atomic E-state index is 0.570. The highest BCUT2D eigenvalue weighted by Gasteiger charge is 2.22. The highest BCUT2D eigenvalue weighted by atomic mass is 15.2. The van der Waals surface area contributed by atoms with Crippen molar-refractivity contribution in [1.29, 1.82) is 0 Å². The molecule has 3 heteroatoms. The number of fused-ring (bicyclic) bond motifs is 1. The average molecular weight is 245 g/mol. The van der Waals surface area contributed by atoms with Crippen molar-refractivity contribution in [3.8, 4) is 0 Å². The molecular weight excluding hydrogens is 222 g/mol. The van der Waals surface area contributed by atoms with E-state index >= 15 is 0 Å². The summed E-state index contributed by atoms with van der Waals surface area (Å²) in [4.78, 5) is 5.02. The van der Waals surface area contributed by atoms with E-state index in [2.05, 4.69) is 46.4 Å². The fraction of sp³-hybridized carbons (Fsp3) is 0.600. The third-order valence-electron chi connectivity index (χ3n) is 4.30. The number of likely N-dealkylation sites (N-methyl/N-ethyl adjacent to an activating group) is 1. The number of nitrogens with one attached hydrogen (secondary N) is 1. The second kappa shape index (κ2) is 5.39. The van der Waals surface area contributed by atoms with E-state index in [4.69, 9.17) is 0 Å². The molecule has 1 fully saturated rings. The van der Waals surface area contributed by atoms with E-state index in [1.165, 1.54) is 50.3 Å². The number of nitrogens with zero attached hydrogens (tertiary/aromatic N) is 2. The van der Waals surface area contributed by atoms with Gasteiger partial charge < -0.3 is 15.1 Å². The van der Waals surface area contributed by atoms with Crippen LogP contribution in [0.4, 0.5) is 0 Å². The summed E-state index contributed by atoms with van der Waals surface area (Å²) in [6, 6.07) is 9.40. The zero-order valence-corrected chi connectivity index (χ0v) is 11.2. The Morgan fingerprint density at radius 1 is 1.17 bits per heavy atom. The molecule has 3 nitrogen and oxygen atoms in total. The first kappa shape index (κ1) is 12.2. The lowest BCUT2D eigenvalue weighted by Gasteiger charge is -2.33. The fourth-order valence-electron chi connectivity index (χ4n) is 3.02. The van der Waals surface area contributed by atoms with Crippen molar-refractivity contribution in [3.05, 3.63) is 35.4 Å². The highest BCUT2D eigenvalue weighted by Crippen LogP contribution is 2.27. The predicted molar refractivity (Wildman–Crippen MR) is 74.6 cm³/mol. The van der Waals surface area contributed by atoms with Crippen LogP contribution < -0.4 is 5.32 Å². The van der Waals surface area contributed by atoms with Crippen molar-refractivity contribution >= 4 is 0 Å². The SMILES string of the molecule is CN1CCN(CCC2NCc3ccccc32)CC1. The molecule has 18 heavy (non-hydrogen) atoms. The summed E-state index contributed by atoms with van der Waals surface area (Å²) in [6.07, 6.45) is 1.24. The van der Waals surface area contributed by atoms with Gasteiger partial charge in [0.25, 0.3) is 0 Å². The number of benzene rings is 1. The quantitative estimate of drug-likeness (QED) is 0.870. The summed E-state index contributed by atoms with van der Waals surface area (Å²) in [5, 5.41) is 3.63. The van der Waals surface area contributed by atoms with Crippen molar-refractivity contribution in [2.45, 2.75) is 19.0 Å². The lowest BCUT2D eigenvalue weighted by molar-refractivity contribution is 0.149. The standard InChI is InChI=1S/C15H23N3/c1-17-8-10-18(11-9-17)7-6-15-14-5-3-2-4-13(14)12-16-15/h2-5,15-16H,6-12H2,1H3. The van der Waals surface area contributed by atoms with E-state index in [0.29, 0.717) is 6.04 Å². The molecule has 1 atom stereocenters. The smallest absolute Gasteiger partial charge is 0.0338 e. The molecule has 2 aliphatic rings. The van der Waals surface area contributed by atoms with Crippen LogP contribution in [0.25, 0.3) is 0 Å². The van der Waals surface area contributed by atoms with Crippen LogP contribution >= 0.6 is 0 Å². The van der Waals surface area contributed by atoms with Gasteiger partial charge in [-0.2, -0.15) is 0 Å². The Morgan fingerprint density at radius 2 is 1.94 bits per heavy atom. The molecule has 1 aromatic rings. The van der Waals surface area contributed by atoms with Gasteiger partial charge in [-0.05, 0) is 24.6 Å². The van der Waals surface area contributed by atoms with Crippen LogP contribution in [0.2, 0.25) is 0 Å². The van der Waals surface area contributed by atoms with Gasteiger partial charge in [0, 0.05) is 45.3 Å². The maximum atomic E-state index is 3.63. The molecule has 1 N–H and O–H groups in total. The molecule has 0 radical (unpaired) electrons. The molecule has 1 aromatic carbocycles. The first-order valence-corrected chi connectivity index (χ1v) is 7.05. The molecule has 0 bridgehead atoms. The number of piperazine rings is 1. The van der Waals surface area contributed by atoms with Gasteiger partial charge in [0.1, 0.15) is 0 Å². The molecule has 0 saturated carbocycles. The Hall–Kier alpha value is -0.900. The highest BCUT2D eigenvalue weighted by molar-refractivity contribution is 5.33. The summed E-state index contributed by atoms with van der Waals surface area (Å²) in [5.41, 5.74) is 3.01. The number of hydrogen-bond acceptors (Lipinski definition) is 3. The molecule has 0 aliphatic carbocycles. The molecule has 0 spiro atoms. The lowest BCUT2D eigenvalue weighted by Crippen LogP contribution is -2.45. The van der Waals surface area contributed by atoms with Crippen LogP contribution in [0, 0.1) is 0 Å². The first-order valence-electron chi connectivity index (χ1n) is 7.05. The molecule has 2 aliphatic heterocycles. The Morgan fingerprint density at radius 3 is 2.78 bits per heavy atom. The molecule has 3 rings (SSSR count). The maximum Gasteiger partial charge on any atom is 0.0338 e. The second-order valence-corrected chi connectivity index (χ2v) is 5.57. The summed E-state index contributed by atoms with van der Waals surface area (Å²) >= 11 is 0. The Labute approximate surface area is 110 Å². The molecule has 98 valence electrons. The monoisotopic (exact) mass is 245 g/mol. The summed E-state index contributed by atoms with van der Waals surface area (Å²) in [5.74, 6) is 0. The van der Waals surface area contributed by atoms with E-state index in [0.717, 1.165) is 6.54 Å². The Balaban J connectivity index is 1.53. The predicted octanol–water partition coefficient (Wildman–Crippen LogP) is 1.47. The zero-order chi connectivity index (χ0) is 12.4. The Kier molecular flexibility index (Phi) is 3.64. The first-order chi connectivity index (χ1) is 8.83. The van der Waals surface area contributed by atoms with Gasteiger partial charge in [0.15, 0.2) is 0 Å². The minimum Gasteiger partial charge on any atom is -0.306 e. The number of hydrogen-bond donors (Lipinski definition) is 1. The van der Waals surface area contributed by atoms with Crippen LogP contribution in [0.1, 0.15) is 23.6 Å². The summed E-state index contributed by atoms with van der Waals surface area (Å²) in [6.45, 7) is 7.16. The molecule has 1 saturated heterocycles. The second-order valence-electron chi connectivity index (χ2n) is 5.57. The van der Waals surface area contributed by atoms with Crippen molar-refractivity contribution in [2.75, 3.05) is 39.8 Å². The topological polar surface area (TPSA) is 18.5 Å². The van der Waals surface area contributed by atoms with Gasteiger partial charge in [-0.1, -0.05) is 24.3 Å². The molecule has 0 amide bonds. The van der Waals surface area contributed by atoms with Crippen molar-refractivity contribution in [2.24, 2.45) is 0 Å². The van der Waals surface area contributed by atoms with Crippen LogP contribution in [0.15, 0.2) is 24.3 Å². The Bertz CT molecular complexity index is 396. The third-order valence-corrected chi connectivity index (χ3v) is 4.30. The largest absolute Gasteiger partial charge is 0.306 e. The lowest BCUT2D eigenvalue weighted by atomic mass is 10.0. The van der Waals surface area contributed by atoms with Crippen LogP contribution in [-0.4, -0.2) is 49.6 Å². The van der Waals surface area contributed by atoms with E-state index < -0.39 is 0 Å². The normalized spacial score (nSPS) is 25.3. The van der Waals surface area contributed by atoms with Crippen LogP contribution in [0.3, 0.4) is 0 Å². The van der Waals surface area contributed by atoms with Gasteiger partial charge in [-0.15, -0.1) is 0 Å². The molecule has 0 aromatic heterocycles. The average Bonchev–Trinajstić information content (AvgIpc) is 2.82. The van der Waals surface area contributed by atoms with Gasteiger partial charge in [-0.3, -0.25) is 0 Å². The van der Waals surface area contributed by atoms with E-state index in [1.807, 2.05) is 0 Å². The van der Waals surface area contributed by atoms with Gasteiger partial charge in [-0.25, -0.2) is 0 Å².